The van der Waals surface area contributed by atoms with E-state index in [1.807, 2.05) is 13.0 Å². The predicted molar refractivity (Wildman–Crippen MR) is 50.0 cm³/mol. The highest BCUT2D eigenvalue weighted by Gasteiger charge is 2.01. The van der Waals surface area contributed by atoms with Crippen LogP contribution in [0.1, 0.15) is 11.1 Å². The highest BCUT2D eigenvalue weighted by molar-refractivity contribution is 6.30. The van der Waals surface area contributed by atoms with Crippen molar-refractivity contribution in [2.75, 3.05) is 7.11 Å². The van der Waals surface area contributed by atoms with Crippen molar-refractivity contribution in [3.05, 3.63) is 35.1 Å². The van der Waals surface area contributed by atoms with Crippen molar-refractivity contribution in [2.24, 2.45) is 0 Å². The number of hydrogen-bond acceptors (Lipinski definition) is 2. The number of pyridine rings is 1. The minimum atomic E-state index is 0.516. The zero-order valence-electron chi connectivity index (χ0n) is 7.10. The van der Waals surface area contributed by atoms with Crippen molar-refractivity contribution in [2.45, 2.75) is 6.92 Å². The lowest BCUT2D eigenvalue weighted by molar-refractivity contribution is 0.371. The Morgan fingerprint density at radius 3 is 2.83 bits per heavy atom. The van der Waals surface area contributed by atoms with Gasteiger partial charge in [0.25, 0.3) is 0 Å². The van der Waals surface area contributed by atoms with Crippen LogP contribution in [0.2, 0.25) is 5.15 Å². The molecule has 0 atom stereocenters. The van der Waals surface area contributed by atoms with Crippen LogP contribution in [-0.2, 0) is 4.74 Å². The van der Waals surface area contributed by atoms with E-state index < -0.39 is 0 Å². The first-order chi connectivity index (χ1) is 5.65. The van der Waals surface area contributed by atoms with E-state index in [-0.39, 0.29) is 0 Å². The molecule has 0 spiro atoms. The van der Waals surface area contributed by atoms with Crippen LogP contribution < -0.4 is 0 Å². The number of ether oxygens (including phenoxy) is 1. The molecule has 2 nitrogen and oxygen atoms in total. The zero-order chi connectivity index (χ0) is 9.14. The Balaban J connectivity index is 3.05. The molecule has 0 fully saturated rings. The van der Waals surface area contributed by atoms with Gasteiger partial charge in [0.2, 0.25) is 0 Å². The lowest BCUT2D eigenvalue weighted by Crippen LogP contribution is -1.89. The molecule has 0 N–H and O–H groups in total. The fourth-order valence-electron chi connectivity index (χ4n) is 0.828. The van der Waals surface area contributed by atoms with Crippen LogP contribution in [0.5, 0.6) is 0 Å². The van der Waals surface area contributed by atoms with Gasteiger partial charge in [-0.05, 0) is 18.6 Å². The summed E-state index contributed by atoms with van der Waals surface area (Å²) in [7, 11) is 1.58. The molecule has 0 bridgehead atoms. The van der Waals surface area contributed by atoms with E-state index in [0.29, 0.717) is 10.9 Å². The van der Waals surface area contributed by atoms with E-state index >= 15 is 0 Å². The van der Waals surface area contributed by atoms with Crippen LogP contribution >= 0.6 is 11.6 Å². The summed E-state index contributed by atoms with van der Waals surface area (Å²) in [4.78, 5) is 3.97. The van der Waals surface area contributed by atoms with E-state index in [4.69, 9.17) is 16.3 Å². The molecule has 0 saturated heterocycles. The van der Waals surface area contributed by atoms with Crippen LogP contribution in [0.25, 0.3) is 5.76 Å². The molecule has 64 valence electrons. The van der Waals surface area contributed by atoms with Crippen molar-refractivity contribution < 1.29 is 4.74 Å². The summed E-state index contributed by atoms with van der Waals surface area (Å²) in [5, 5.41) is 0.516. The van der Waals surface area contributed by atoms with Gasteiger partial charge in [0, 0.05) is 11.8 Å². The number of nitrogens with zero attached hydrogens (tertiary/aromatic N) is 1. The van der Waals surface area contributed by atoms with Crippen LogP contribution in [0.4, 0.5) is 0 Å². The maximum absolute atomic E-state index is 5.75. The third-order valence-electron chi connectivity index (χ3n) is 1.58. The quantitative estimate of drug-likeness (QED) is 0.520. The van der Waals surface area contributed by atoms with Gasteiger partial charge >= 0.3 is 0 Å². The SMILES string of the molecule is C=C(OC)c1cnc(Cl)c(C)c1. The van der Waals surface area contributed by atoms with E-state index in [0.717, 1.165) is 11.1 Å². The molecule has 0 aliphatic carbocycles. The Labute approximate surface area is 76.8 Å². The Bertz CT molecular complexity index is 309. The Kier molecular flexibility index (Phi) is 2.71. The molecule has 0 unspecified atom stereocenters. The monoisotopic (exact) mass is 183 g/mol. The second-order valence-corrected chi connectivity index (χ2v) is 2.82. The van der Waals surface area contributed by atoms with Gasteiger partial charge in [0.05, 0.1) is 7.11 Å². The number of methoxy groups -OCH3 is 1. The molecular weight excluding hydrogens is 174 g/mol. The smallest absolute Gasteiger partial charge is 0.131 e. The molecule has 12 heavy (non-hydrogen) atoms. The molecular formula is C9H10ClNO. The summed E-state index contributed by atoms with van der Waals surface area (Å²) >= 11 is 5.75. The molecule has 0 saturated carbocycles. The fraction of sp³-hybridized carbons (Fsp3) is 0.222. The minimum absolute atomic E-state index is 0.516. The largest absolute Gasteiger partial charge is 0.497 e. The summed E-state index contributed by atoms with van der Waals surface area (Å²) < 4.78 is 4.95. The highest BCUT2D eigenvalue weighted by atomic mass is 35.5. The molecule has 1 rings (SSSR count). The molecule has 1 heterocycles. The first kappa shape index (κ1) is 9.07. The molecule has 1 aromatic heterocycles. The van der Waals surface area contributed by atoms with Crippen molar-refractivity contribution in [1.29, 1.82) is 0 Å². The first-order valence-electron chi connectivity index (χ1n) is 3.50. The van der Waals surface area contributed by atoms with Gasteiger partial charge in [0.15, 0.2) is 0 Å². The Hall–Kier alpha value is -1.02. The number of hydrogen-bond donors (Lipinski definition) is 0. The van der Waals surface area contributed by atoms with Gasteiger partial charge in [-0.3, -0.25) is 0 Å². The number of aryl methyl sites for hydroxylation is 1. The predicted octanol–water partition coefficient (Wildman–Crippen LogP) is 2.66. The normalized spacial score (nSPS) is 9.58. The standard InChI is InChI=1S/C9H10ClNO/c1-6-4-8(7(2)12-3)5-11-9(6)10/h4-5H,2H2,1,3H3. The third-order valence-corrected chi connectivity index (χ3v) is 1.98. The first-order valence-corrected chi connectivity index (χ1v) is 3.88. The van der Waals surface area contributed by atoms with Crippen molar-refractivity contribution in [1.82, 2.24) is 4.98 Å². The Morgan fingerprint density at radius 1 is 1.67 bits per heavy atom. The Morgan fingerprint density at radius 2 is 2.33 bits per heavy atom. The van der Waals surface area contributed by atoms with Crippen LogP contribution in [0.15, 0.2) is 18.8 Å². The van der Waals surface area contributed by atoms with Crippen LogP contribution in [0.3, 0.4) is 0 Å². The number of halogens is 1. The number of aromatic nitrogens is 1. The lowest BCUT2D eigenvalue weighted by atomic mass is 10.2. The molecule has 0 aliphatic rings. The van der Waals surface area contributed by atoms with Crippen LogP contribution in [0, 0.1) is 6.92 Å². The van der Waals surface area contributed by atoms with Gasteiger partial charge in [-0.15, -0.1) is 0 Å². The topological polar surface area (TPSA) is 22.1 Å². The van der Waals surface area contributed by atoms with Gasteiger partial charge in [-0.1, -0.05) is 18.2 Å². The zero-order valence-corrected chi connectivity index (χ0v) is 7.85. The minimum Gasteiger partial charge on any atom is -0.497 e. The highest BCUT2D eigenvalue weighted by Crippen LogP contribution is 2.17. The molecule has 0 aromatic carbocycles. The van der Waals surface area contributed by atoms with Gasteiger partial charge in [-0.2, -0.15) is 0 Å². The van der Waals surface area contributed by atoms with Crippen molar-refractivity contribution in [3.63, 3.8) is 0 Å². The number of rotatable bonds is 2. The molecule has 0 aliphatic heterocycles. The average Bonchev–Trinajstić information content (AvgIpc) is 2.08. The average molecular weight is 184 g/mol. The summed E-state index contributed by atoms with van der Waals surface area (Å²) in [6.07, 6.45) is 1.64. The molecule has 0 radical (unpaired) electrons. The van der Waals surface area contributed by atoms with Crippen molar-refractivity contribution in [3.8, 4) is 0 Å². The van der Waals surface area contributed by atoms with E-state index in [2.05, 4.69) is 11.6 Å². The third kappa shape index (κ3) is 1.77. The summed E-state index contributed by atoms with van der Waals surface area (Å²) in [5.74, 6) is 0.599. The lowest BCUT2D eigenvalue weighted by Gasteiger charge is -2.04. The summed E-state index contributed by atoms with van der Waals surface area (Å²) in [6.45, 7) is 5.60. The maximum atomic E-state index is 5.75. The summed E-state index contributed by atoms with van der Waals surface area (Å²) in [6, 6.07) is 1.89. The maximum Gasteiger partial charge on any atom is 0.131 e. The molecule has 0 amide bonds. The molecule has 3 heteroatoms. The fourth-order valence-corrected chi connectivity index (χ4v) is 0.932. The summed E-state index contributed by atoms with van der Waals surface area (Å²) in [5.41, 5.74) is 1.78. The second kappa shape index (κ2) is 3.59. The van der Waals surface area contributed by atoms with Gasteiger partial charge in [0.1, 0.15) is 10.9 Å². The van der Waals surface area contributed by atoms with Crippen LogP contribution in [-0.4, -0.2) is 12.1 Å². The van der Waals surface area contributed by atoms with E-state index in [9.17, 15) is 0 Å². The van der Waals surface area contributed by atoms with Crippen molar-refractivity contribution >= 4 is 17.4 Å². The second-order valence-electron chi connectivity index (χ2n) is 2.46. The van der Waals surface area contributed by atoms with E-state index in [1.165, 1.54) is 0 Å². The van der Waals surface area contributed by atoms with E-state index in [1.54, 1.807) is 13.3 Å². The molecule has 1 aromatic rings. The van der Waals surface area contributed by atoms with Gasteiger partial charge < -0.3 is 4.74 Å². The van der Waals surface area contributed by atoms with Gasteiger partial charge in [-0.25, -0.2) is 4.98 Å².